The summed E-state index contributed by atoms with van der Waals surface area (Å²) in [6.45, 7) is 4.22. The van der Waals surface area contributed by atoms with Gasteiger partial charge in [-0.1, -0.05) is 29.3 Å². The molecule has 1 aromatic carbocycles. The lowest BCUT2D eigenvalue weighted by Crippen LogP contribution is -2.28. The summed E-state index contributed by atoms with van der Waals surface area (Å²) < 4.78 is 0. The molecule has 0 fully saturated rings. The summed E-state index contributed by atoms with van der Waals surface area (Å²) >= 11 is 1.69. The van der Waals surface area contributed by atoms with Gasteiger partial charge in [0, 0.05) is 0 Å². The van der Waals surface area contributed by atoms with Crippen LogP contribution in [-0.2, 0) is 0 Å². The summed E-state index contributed by atoms with van der Waals surface area (Å²) in [5.41, 5.74) is 7.86. The van der Waals surface area contributed by atoms with E-state index < -0.39 is 0 Å². The number of hydrazine groups is 1. The quantitative estimate of drug-likeness (QED) is 0.631. The highest BCUT2D eigenvalue weighted by Gasteiger charge is 2.13. The fourth-order valence-electron chi connectivity index (χ4n) is 2.00. The summed E-state index contributed by atoms with van der Waals surface area (Å²) in [6.07, 6.45) is 0. The smallest absolute Gasteiger partial charge is 0.0718 e. The molecule has 1 unspecified atom stereocenters. The maximum Gasteiger partial charge on any atom is 0.0718 e. The minimum atomic E-state index is 0.0878. The van der Waals surface area contributed by atoms with Crippen LogP contribution in [0.5, 0.6) is 0 Å². The normalized spacial score (nSPS) is 12.7. The Kier molecular flexibility index (Phi) is 3.39. The Morgan fingerprint density at radius 2 is 1.81 bits per heavy atom. The van der Waals surface area contributed by atoms with Crippen molar-refractivity contribution >= 4 is 11.3 Å². The van der Waals surface area contributed by atoms with E-state index in [2.05, 4.69) is 54.3 Å². The second kappa shape index (κ2) is 4.78. The van der Waals surface area contributed by atoms with E-state index in [0.717, 1.165) is 0 Å². The molecule has 0 amide bonds. The van der Waals surface area contributed by atoms with Crippen molar-refractivity contribution in [1.82, 2.24) is 5.43 Å². The number of nitrogens with one attached hydrogen (secondary N) is 1. The van der Waals surface area contributed by atoms with Gasteiger partial charge in [-0.15, -0.1) is 0 Å². The Morgan fingerprint density at radius 3 is 2.31 bits per heavy atom. The molecular formula is C13H16N2S. The first-order chi connectivity index (χ1) is 7.70. The molecule has 0 radical (unpaired) electrons. The number of aryl methyl sites for hydroxylation is 2. The van der Waals surface area contributed by atoms with Gasteiger partial charge in [-0.3, -0.25) is 5.84 Å². The summed E-state index contributed by atoms with van der Waals surface area (Å²) in [6, 6.07) is 8.71. The van der Waals surface area contributed by atoms with E-state index in [9.17, 15) is 0 Å². The van der Waals surface area contributed by atoms with Gasteiger partial charge in [0.25, 0.3) is 0 Å². The monoisotopic (exact) mass is 232 g/mol. The van der Waals surface area contributed by atoms with Gasteiger partial charge in [0.2, 0.25) is 0 Å². The number of thiophene rings is 1. The number of rotatable bonds is 3. The van der Waals surface area contributed by atoms with Gasteiger partial charge in [0.1, 0.15) is 0 Å². The van der Waals surface area contributed by atoms with Gasteiger partial charge in [0.05, 0.1) is 6.04 Å². The lowest BCUT2D eigenvalue weighted by atomic mass is 9.98. The third kappa shape index (κ3) is 2.32. The number of hydrogen-bond acceptors (Lipinski definition) is 3. The molecule has 1 aromatic heterocycles. The zero-order valence-electron chi connectivity index (χ0n) is 9.53. The maximum atomic E-state index is 5.65. The average molecular weight is 232 g/mol. The molecule has 0 saturated carbocycles. The predicted octanol–water partition coefficient (Wildman–Crippen LogP) is 2.92. The van der Waals surface area contributed by atoms with Crippen LogP contribution in [-0.4, -0.2) is 0 Å². The maximum absolute atomic E-state index is 5.65. The molecule has 0 aliphatic rings. The molecule has 0 aliphatic carbocycles. The molecule has 3 heteroatoms. The molecule has 2 rings (SSSR count). The zero-order valence-corrected chi connectivity index (χ0v) is 10.3. The van der Waals surface area contributed by atoms with Crippen molar-refractivity contribution in [2.24, 2.45) is 5.84 Å². The lowest BCUT2D eigenvalue weighted by molar-refractivity contribution is 0.638. The first-order valence-corrected chi connectivity index (χ1v) is 6.21. The molecule has 2 nitrogen and oxygen atoms in total. The molecule has 16 heavy (non-hydrogen) atoms. The Morgan fingerprint density at radius 1 is 1.12 bits per heavy atom. The van der Waals surface area contributed by atoms with Crippen molar-refractivity contribution in [3.63, 3.8) is 0 Å². The summed E-state index contributed by atoms with van der Waals surface area (Å²) in [4.78, 5) is 0. The van der Waals surface area contributed by atoms with Crippen LogP contribution in [0, 0.1) is 13.8 Å². The molecule has 3 N–H and O–H groups in total. The molecule has 0 aliphatic heterocycles. The van der Waals surface area contributed by atoms with E-state index in [0.29, 0.717) is 0 Å². The highest BCUT2D eigenvalue weighted by atomic mass is 32.1. The van der Waals surface area contributed by atoms with Crippen molar-refractivity contribution in [1.29, 1.82) is 0 Å². The van der Waals surface area contributed by atoms with Crippen molar-refractivity contribution < 1.29 is 0 Å². The highest BCUT2D eigenvalue weighted by Crippen LogP contribution is 2.24. The van der Waals surface area contributed by atoms with Gasteiger partial charge in [0.15, 0.2) is 0 Å². The minimum Gasteiger partial charge on any atom is -0.271 e. The molecular weight excluding hydrogens is 216 g/mol. The first-order valence-electron chi connectivity index (χ1n) is 5.27. The van der Waals surface area contributed by atoms with Gasteiger partial charge in [-0.25, -0.2) is 5.43 Å². The van der Waals surface area contributed by atoms with Crippen LogP contribution in [0.4, 0.5) is 0 Å². The molecule has 0 saturated heterocycles. The van der Waals surface area contributed by atoms with Crippen LogP contribution in [0.2, 0.25) is 0 Å². The van der Waals surface area contributed by atoms with Crippen LogP contribution in [0.3, 0.4) is 0 Å². The molecule has 2 aromatic rings. The van der Waals surface area contributed by atoms with Gasteiger partial charge in [-0.2, -0.15) is 11.3 Å². The molecule has 84 valence electrons. The van der Waals surface area contributed by atoms with Gasteiger partial charge in [-0.05, 0) is 41.8 Å². The van der Waals surface area contributed by atoms with E-state index >= 15 is 0 Å². The summed E-state index contributed by atoms with van der Waals surface area (Å²) in [5, 5.41) is 4.20. The van der Waals surface area contributed by atoms with Crippen LogP contribution >= 0.6 is 11.3 Å². The minimum absolute atomic E-state index is 0.0878. The molecule has 0 bridgehead atoms. The molecule has 1 atom stereocenters. The number of hydrogen-bond donors (Lipinski definition) is 2. The number of nitrogens with two attached hydrogens (primary N) is 1. The lowest BCUT2D eigenvalue weighted by Gasteiger charge is -2.16. The van der Waals surface area contributed by atoms with E-state index in [4.69, 9.17) is 5.84 Å². The SMILES string of the molecule is Cc1cc(C)cc(C(NN)c2ccsc2)c1. The fraction of sp³-hybridized carbons (Fsp3) is 0.231. The highest BCUT2D eigenvalue weighted by molar-refractivity contribution is 7.08. The fourth-order valence-corrected chi connectivity index (χ4v) is 2.69. The summed E-state index contributed by atoms with van der Waals surface area (Å²) in [5.74, 6) is 5.65. The Hall–Kier alpha value is -1.16. The predicted molar refractivity (Wildman–Crippen MR) is 69.4 cm³/mol. The van der Waals surface area contributed by atoms with Gasteiger partial charge >= 0.3 is 0 Å². The van der Waals surface area contributed by atoms with E-state index in [1.54, 1.807) is 11.3 Å². The van der Waals surface area contributed by atoms with Crippen LogP contribution < -0.4 is 11.3 Å². The molecule has 0 spiro atoms. The standard InChI is InChI=1S/C13H16N2S/c1-9-5-10(2)7-12(6-9)13(15-14)11-3-4-16-8-11/h3-8,13,15H,14H2,1-2H3. The van der Waals surface area contributed by atoms with E-state index in [1.807, 2.05) is 0 Å². The first kappa shape index (κ1) is 11.3. The van der Waals surface area contributed by atoms with Crippen LogP contribution in [0.25, 0.3) is 0 Å². The zero-order chi connectivity index (χ0) is 11.5. The third-order valence-corrected chi connectivity index (χ3v) is 3.32. The van der Waals surface area contributed by atoms with E-state index in [1.165, 1.54) is 22.3 Å². The van der Waals surface area contributed by atoms with Crippen molar-refractivity contribution in [2.45, 2.75) is 19.9 Å². The Balaban J connectivity index is 2.41. The number of benzene rings is 1. The van der Waals surface area contributed by atoms with Crippen LogP contribution in [0.1, 0.15) is 28.3 Å². The van der Waals surface area contributed by atoms with Crippen molar-refractivity contribution in [3.8, 4) is 0 Å². The van der Waals surface area contributed by atoms with Crippen LogP contribution in [0.15, 0.2) is 35.0 Å². The van der Waals surface area contributed by atoms with Crippen molar-refractivity contribution in [3.05, 3.63) is 57.3 Å². The average Bonchev–Trinajstić information content (AvgIpc) is 2.70. The Bertz CT molecular complexity index is 443. The topological polar surface area (TPSA) is 38.0 Å². The van der Waals surface area contributed by atoms with E-state index in [-0.39, 0.29) is 6.04 Å². The molecule has 1 heterocycles. The van der Waals surface area contributed by atoms with Crippen molar-refractivity contribution in [2.75, 3.05) is 0 Å². The summed E-state index contributed by atoms with van der Waals surface area (Å²) in [7, 11) is 0. The second-order valence-electron chi connectivity index (χ2n) is 4.08. The third-order valence-electron chi connectivity index (χ3n) is 2.62. The Labute approximate surface area is 100 Å². The largest absolute Gasteiger partial charge is 0.271 e. The van der Waals surface area contributed by atoms with Gasteiger partial charge < -0.3 is 0 Å². The second-order valence-corrected chi connectivity index (χ2v) is 4.86.